The second-order valence-corrected chi connectivity index (χ2v) is 10.9. The number of halogens is 1. The third-order valence-corrected chi connectivity index (χ3v) is 7.68. The summed E-state index contributed by atoms with van der Waals surface area (Å²) in [6, 6.07) is 26.8. The number of methoxy groups -OCH3 is 1. The topological polar surface area (TPSA) is 84.9 Å². The molecule has 7 nitrogen and oxygen atoms in total. The van der Waals surface area contributed by atoms with Gasteiger partial charge in [-0.15, -0.1) is 0 Å². The molecule has 9 heteroatoms. The number of carbonyl (C=O) groups excluding carboxylic acids is 3. The van der Waals surface area contributed by atoms with Crippen molar-refractivity contribution in [2.75, 3.05) is 19.0 Å². The maximum Gasteiger partial charge on any atom is 0.294 e. The molecular formula is C30H23IN2O5S. The highest BCUT2D eigenvalue weighted by Crippen LogP contribution is 2.35. The zero-order chi connectivity index (χ0) is 27.4. The van der Waals surface area contributed by atoms with Gasteiger partial charge in [0.05, 0.1) is 12.0 Å². The van der Waals surface area contributed by atoms with Crippen LogP contribution in [-0.4, -0.2) is 35.6 Å². The maximum absolute atomic E-state index is 12.9. The monoisotopic (exact) mass is 650 g/mol. The van der Waals surface area contributed by atoms with Crippen molar-refractivity contribution in [3.05, 3.63) is 105 Å². The van der Waals surface area contributed by atoms with Crippen LogP contribution >= 0.6 is 34.4 Å². The number of fused-ring (bicyclic) bond motifs is 1. The van der Waals surface area contributed by atoms with Crippen LogP contribution in [0.1, 0.15) is 11.1 Å². The number of amides is 3. The van der Waals surface area contributed by atoms with Crippen LogP contribution < -0.4 is 14.8 Å². The average Bonchev–Trinajstić information content (AvgIpc) is 3.20. The number of hydrogen-bond donors (Lipinski definition) is 1. The van der Waals surface area contributed by atoms with Crippen LogP contribution in [0.15, 0.2) is 89.8 Å². The molecule has 0 aromatic heterocycles. The van der Waals surface area contributed by atoms with Crippen LogP contribution in [0.2, 0.25) is 0 Å². The normalized spacial score (nSPS) is 14.2. The van der Waals surface area contributed by atoms with Gasteiger partial charge in [0.1, 0.15) is 13.2 Å². The fourth-order valence-electron chi connectivity index (χ4n) is 4.13. The molecule has 0 saturated carbocycles. The van der Waals surface area contributed by atoms with Crippen molar-refractivity contribution in [3.63, 3.8) is 0 Å². The molecule has 0 atom stereocenters. The van der Waals surface area contributed by atoms with Crippen LogP contribution in [0.4, 0.5) is 10.5 Å². The summed E-state index contributed by atoms with van der Waals surface area (Å²) >= 11 is 2.97. The molecule has 0 radical (unpaired) electrons. The Morgan fingerprint density at radius 3 is 2.54 bits per heavy atom. The summed E-state index contributed by atoms with van der Waals surface area (Å²) in [5.41, 5.74) is 2.31. The number of thioether (sulfide) groups is 1. The molecule has 4 aromatic rings. The van der Waals surface area contributed by atoms with Crippen molar-refractivity contribution in [2.45, 2.75) is 6.61 Å². The zero-order valence-corrected chi connectivity index (χ0v) is 23.8. The molecule has 1 saturated heterocycles. The van der Waals surface area contributed by atoms with Gasteiger partial charge in [0.15, 0.2) is 11.5 Å². The van der Waals surface area contributed by atoms with Gasteiger partial charge in [0, 0.05) is 9.26 Å². The number of anilines is 1. The van der Waals surface area contributed by atoms with E-state index in [9.17, 15) is 14.4 Å². The molecule has 4 aromatic carbocycles. The Morgan fingerprint density at radius 2 is 1.74 bits per heavy atom. The molecular weight excluding hydrogens is 627 g/mol. The maximum atomic E-state index is 12.9. The van der Waals surface area contributed by atoms with Gasteiger partial charge in [-0.3, -0.25) is 19.3 Å². The number of nitrogens with zero attached hydrogens (tertiary/aromatic N) is 1. The highest BCUT2D eigenvalue weighted by Gasteiger charge is 2.36. The van der Waals surface area contributed by atoms with Gasteiger partial charge in [-0.05, 0) is 98.7 Å². The van der Waals surface area contributed by atoms with Crippen molar-refractivity contribution in [3.8, 4) is 11.5 Å². The SMILES string of the molecule is COc1cc(/C=C2\SC(=O)N(CC(=O)Nc3ccc(I)cc3)C2=O)ccc1OCc1cccc2ccccc12. The number of benzene rings is 4. The average molecular weight is 650 g/mol. The van der Waals surface area contributed by atoms with Gasteiger partial charge in [-0.1, -0.05) is 48.5 Å². The second-order valence-electron chi connectivity index (χ2n) is 8.66. The zero-order valence-electron chi connectivity index (χ0n) is 20.8. The second kappa shape index (κ2) is 11.9. The van der Waals surface area contributed by atoms with E-state index in [-0.39, 0.29) is 11.4 Å². The predicted octanol–water partition coefficient (Wildman–Crippen LogP) is 6.71. The molecule has 1 heterocycles. The molecule has 5 rings (SSSR count). The van der Waals surface area contributed by atoms with E-state index in [1.54, 1.807) is 43.5 Å². The van der Waals surface area contributed by atoms with Crippen molar-refractivity contribution in [2.24, 2.45) is 0 Å². The molecule has 1 aliphatic rings. The first kappa shape index (κ1) is 26.8. The van der Waals surface area contributed by atoms with Crippen LogP contribution in [0.3, 0.4) is 0 Å². The lowest BCUT2D eigenvalue weighted by molar-refractivity contribution is -0.127. The van der Waals surface area contributed by atoms with E-state index in [0.29, 0.717) is 29.4 Å². The van der Waals surface area contributed by atoms with Crippen LogP contribution in [0.5, 0.6) is 11.5 Å². The molecule has 0 spiro atoms. The molecule has 3 amide bonds. The van der Waals surface area contributed by atoms with E-state index in [1.165, 1.54) is 0 Å². The molecule has 39 heavy (non-hydrogen) atoms. The molecule has 1 aliphatic heterocycles. The van der Waals surface area contributed by atoms with E-state index in [1.807, 2.05) is 36.4 Å². The summed E-state index contributed by atoms with van der Waals surface area (Å²) in [5, 5.41) is 4.48. The highest BCUT2D eigenvalue weighted by atomic mass is 127. The van der Waals surface area contributed by atoms with Crippen LogP contribution in [0, 0.1) is 3.57 Å². The van der Waals surface area contributed by atoms with Crippen LogP contribution in [0.25, 0.3) is 16.8 Å². The fraction of sp³-hybridized carbons (Fsp3) is 0.100. The molecule has 1 N–H and O–H groups in total. The molecule has 0 bridgehead atoms. The summed E-state index contributed by atoms with van der Waals surface area (Å²) in [6.07, 6.45) is 1.61. The third-order valence-electron chi connectivity index (χ3n) is 6.05. The minimum Gasteiger partial charge on any atom is -0.493 e. The van der Waals surface area contributed by atoms with Crippen molar-refractivity contribution >= 4 is 73.9 Å². The summed E-state index contributed by atoms with van der Waals surface area (Å²) < 4.78 is 12.6. The number of rotatable bonds is 8. The number of nitrogens with one attached hydrogen (secondary N) is 1. The third kappa shape index (κ3) is 6.26. The Bertz CT molecular complexity index is 1600. The van der Waals surface area contributed by atoms with Crippen molar-refractivity contribution in [1.29, 1.82) is 0 Å². The van der Waals surface area contributed by atoms with Crippen molar-refractivity contribution < 1.29 is 23.9 Å². The molecule has 1 fully saturated rings. The fourth-order valence-corrected chi connectivity index (χ4v) is 5.33. The van der Waals surface area contributed by atoms with Gasteiger partial charge < -0.3 is 14.8 Å². The van der Waals surface area contributed by atoms with E-state index in [2.05, 4.69) is 46.1 Å². The first-order valence-corrected chi connectivity index (χ1v) is 13.9. The number of ether oxygens (including phenoxy) is 2. The lowest BCUT2D eigenvalue weighted by Gasteiger charge is -2.13. The lowest BCUT2D eigenvalue weighted by Crippen LogP contribution is -2.36. The van der Waals surface area contributed by atoms with Gasteiger partial charge in [-0.2, -0.15) is 0 Å². The first-order valence-electron chi connectivity index (χ1n) is 12.0. The lowest BCUT2D eigenvalue weighted by atomic mass is 10.1. The Hall–Kier alpha value is -3.83. The van der Waals surface area contributed by atoms with Gasteiger partial charge in [0.2, 0.25) is 5.91 Å². The Morgan fingerprint density at radius 1 is 0.974 bits per heavy atom. The minimum atomic E-state index is -0.516. The number of imide groups is 1. The number of carbonyl (C=O) groups is 3. The summed E-state index contributed by atoms with van der Waals surface area (Å²) in [5.74, 6) is 0.0928. The van der Waals surface area contributed by atoms with Gasteiger partial charge in [0.25, 0.3) is 11.1 Å². The molecule has 196 valence electrons. The molecule has 0 unspecified atom stereocenters. The minimum absolute atomic E-state index is 0.230. The van der Waals surface area contributed by atoms with Crippen molar-refractivity contribution in [1.82, 2.24) is 4.90 Å². The van der Waals surface area contributed by atoms with Crippen LogP contribution in [-0.2, 0) is 16.2 Å². The van der Waals surface area contributed by atoms with E-state index in [4.69, 9.17) is 9.47 Å². The highest BCUT2D eigenvalue weighted by molar-refractivity contribution is 14.1. The van der Waals surface area contributed by atoms with E-state index >= 15 is 0 Å². The summed E-state index contributed by atoms with van der Waals surface area (Å²) in [4.78, 5) is 39.1. The van der Waals surface area contributed by atoms with E-state index < -0.39 is 17.1 Å². The van der Waals surface area contributed by atoms with Gasteiger partial charge in [-0.25, -0.2) is 0 Å². The summed E-state index contributed by atoms with van der Waals surface area (Å²) in [7, 11) is 1.55. The summed E-state index contributed by atoms with van der Waals surface area (Å²) in [6.45, 7) is -0.00150. The van der Waals surface area contributed by atoms with Gasteiger partial charge >= 0.3 is 0 Å². The first-order chi connectivity index (χ1) is 18.9. The predicted molar refractivity (Wildman–Crippen MR) is 162 cm³/mol. The molecule has 0 aliphatic carbocycles. The quantitative estimate of drug-likeness (QED) is 0.169. The Labute approximate surface area is 243 Å². The Kier molecular flexibility index (Phi) is 8.18. The number of hydrogen-bond acceptors (Lipinski definition) is 6. The smallest absolute Gasteiger partial charge is 0.294 e. The largest absolute Gasteiger partial charge is 0.493 e. The Balaban J connectivity index is 1.26. The standard InChI is InChI=1S/C30H23IN2O5S/c1-37-26-15-19(9-14-25(26)38-18-21-7-4-6-20-5-2-3-8-24(20)21)16-27-29(35)33(30(36)39-27)17-28(34)32-23-12-10-22(31)11-13-23/h2-16H,17-18H2,1H3,(H,32,34)/b27-16-. The van der Waals surface area contributed by atoms with E-state index in [0.717, 1.165) is 36.6 Å².